The van der Waals surface area contributed by atoms with E-state index in [1.54, 1.807) is 6.20 Å². The molecule has 0 aromatic carbocycles. The molecular formula is C16H25N3O. The topological polar surface area (TPSA) is 54.0 Å². The number of pyridine rings is 1. The Hall–Kier alpha value is -1.58. The van der Waals surface area contributed by atoms with Crippen molar-refractivity contribution in [2.45, 2.75) is 46.1 Å². The van der Waals surface area contributed by atoms with E-state index in [1.807, 2.05) is 20.0 Å². The third-order valence-corrected chi connectivity index (χ3v) is 4.58. The molecule has 110 valence electrons. The molecule has 1 saturated carbocycles. The van der Waals surface area contributed by atoms with Crippen LogP contribution in [0.1, 0.15) is 49.2 Å². The van der Waals surface area contributed by atoms with Gasteiger partial charge in [-0.2, -0.15) is 0 Å². The normalized spacial score (nSPS) is 26.1. The van der Waals surface area contributed by atoms with Gasteiger partial charge in [-0.25, -0.2) is 0 Å². The van der Waals surface area contributed by atoms with Gasteiger partial charge in [-0.1, -0.05) is 26.7 Å². The molecule has 1 aliphatic rings. The summed E-state index contributed by atoms with van der Waals surface area (Å²) in [6, 6.07) is 2.18. The van der Waals surface area contributed by atoms with E-state index >= 15 is 0 Å². The maximum atomic E-state index is 12.5. The average molecular weight is 275 g/mol. The maximum absolute atomic E-state index is 12.5. The average Bonchev–Trinajstić information content (AvgIpc) is 2.43. The predicted octanol–water partition coefficient (Wildman–Crippen LogP) is 2.99. The van der Waals surface area contributed by atoms with Crippen LogP contribution in [0.4, 0.5) is 5.69 Å². The maximum Gasteiger partial charge on any atom is 0.255 e. The minimum Gasteiger partial charge on any atom is -0.387 e. The SMILES string of the molecule is CNc1cc(C)ncc1C(=O)NC1CCCC(C)C1C. The lowest BCUT2D eigenvalue weighted by atomic mass is 9.78. The Bertz CT molecular complexity index is 487. The minimum absolute atomic E-state index is 0.0206. The van der Waals surface area contributed by atoms with Crippen LogP contribution >= 0.6 is 0 Å². The largest absolute Gasteiger partial charge is 0.387 e. The number of carbonyl (C=O) groups is 1. The molecule has 2 N–H and O–H groups in total. The van der Waals surface area contributed by atoms with E-state index in [9.17, 15) is 4.79 Å². The summed E-state index contributed by atoms with van der Waals surface area (Å²) in [5, 5.41) is 6.26. The lowest BCUT2D eigenvalue weighted by molar-refractivity contribution is 0.0891. The first-order chi connectivity index (χ1) is 9.52. The van der Waals surface area contributed by atoms with E-state index < -0.39 is 0 Å². The van der Waals surface area contributed by atoms with Crippen molar-refractivity contribution in [3.8, 4) is 0 Å². The van der Waals surface area contributed by atoms with E-state index in [1.165, 1.54) is 12.8 Å². The van der Waals surface area contributed by atoms with Gasteiger partial charge in [-0.05, 0) is 31.2 Å². The lowest BCUT2D eigenvalue weighted by Gasteiger charge is -2.34. The van der Waals surface area contributed by atoms with E-state index in [0.717, 1.165) is 17.8 Å². The van der Waals surface area contributed by atoms with Crippen molar-refractivity contribution >= 4 is 11.6 Å². The fourth-order valence-corrected chi connectivity index (χ4v) is 2.98. The second-order valence-corrected chi connectivity index (χ2v) is 5.97. The second-order valence-electron chi connectivity index (χ2n) is 5.97. The summed E-state index contributed by atoms with van der Waals surface area (Å²) < 4.78 is 0. The van der Waals surface area contributed by atoms with Crippen molar-refractivity contribution in [3.63, 3.8) is 0 Å². The minimum atomic E-state index is -0.0206. The number of amides is 1. The van der Waals surface area contributed by atoms with Crippen molar-refractivity contribution in [2.24, 2.45) is 11.8 Å². The standard InChI is InChI=1S/C16H25N3O/c1-10-6-5-7-14(12(10)3)19-16(20)13-9-18-11(2)8-15(13)17-4/h8-10,12,14H,5-7H2,1-4H3,(H,17,18)(H,19,20). The number of hydrogen-bond acceptors (Lipinski definition) is 3. The molecule has 0 aliphatic heterocycles. The number of carbonyl (C=O) groups excluding carboxylic acids is 1. The van der Waals surface area contributed by atoms with Crippen molar-refractivity contribution < 1.29 is 4.79 Å². The molecule has 20 heavy (non-hydrogen) atoms. The number of anilines is 1. The summed E-state index contributed by atoms with van der Waals surface area (Å²) in [6.45, 7) is 6.43. The molecule has 1 aromatic rings. The number of rotatable bonds is 3. The van der Waals surface area contributed by atoms with E-state index in [4.69, 9.17) is 0 Å². The molecule has 0 spiro atoms. The molecule has 0 radical (unpaired) electrons. The van der Waals surface area contributed by atoms with Gasteiger partial charge in [0.15, 0.2) is 0 Å². The van der Waals surface area contributed by atoms with Gasteiger partial charge < -0.3 is 10.6 Å². The van der Waals surface area contributed by atoms with Crippen LogP contribution in [0.2, 0.25) is 0 Å². The monoisotopic (exact) mass is 275 g/mol. The van der Waals surface area contributed by atoms with Gasteiger partial charge >= 0.3 is 0 Å². The van der Waals surface area contributed by atoms with Gasteiger partial charge in [-0.3, -0.25) is 9.78 Å². The Morgan fingerprint density at radius 3 is 2.80 bits per heavy atom. The van der Waals surface area contributed by atoms with Crippen molar-refractivity contribution in [1.82, 2.24) is 10.3 Å². The van der Waals surface area contributed by atoms with Crippen LogP contribution < -0.4 is 10.6 Å². The van der Waals surface area contributed by atoms with Crippen LogP contribution in [0.15, 0.2) is 12.3 Å². The molecule has 1 heterocycles. The zero-order valence-electron chi connectivity index (χ0n) is 12.9. The highest BCUT2D eigenvalue weighted by molar-refractivity contribution is 5.99. The highest BCUT2D eigenvalue weighted by Gasteiger charge is 2.28. The quantitative estimate of drug-likeness (QED) is 0.891. The number of nitrogens with zero attached hydrogens (tertiary/aromatic N) is 1. The zero-order valence-corrected chi connectivity index (χ0v) is 12.9. The molecule has 3 atom stereocenters. The summed E-state index contributed by atoms with van der Waals surface area (Å²) in [5.74, 6) is 1.19. The molecule has 4 nitrogen and oxygen atoms in total. The molecule has 1 fully saturated rings. The lowest BCUT2D eigenvalue weighted by Crippen LogP contribution is -2.43. The van der Waals surface area contributed by atoms with Gasteiger partial charge in [0, 0.05) is 25.0 Å². The molecule has 3 unspecified atom stereocenters. The Morgan fingerprint density at radius 2 is 2.10 bits per heavy atom. The van der Waals surface area contributed by atoms with Crippen LogP contribution in [-0.2, 0) is 0 Å². The summed E-state index contributed by atoms with van der Waals surface area (Å²) in [4.78, 5) is 16.7. The van der Waals surface area contributed by atoms with E-state index in [2.05, 4.69) is 29.5 Å². The highest BCUT2D eigenvalue weighted by Crippen LogP contribution is 2.29. The highest BCUT2D eigenvalue weighted by atomic mass is 16.1. The van der Waals surface area contributed by atoms with Crippen LogP contribution in [0.3, 0.4) is 0 Å². The van der Waals surface area contributed by atoms with Crippen LogP contribution in [0.5, 0.6) is 0 Å². The van der Waals surface area contributed by atoms with Gasteiger partial charge in [0.2, 0.25) is 0 Å². The van der Waals surface area contributed by atoms with Crippen molar-refractivity contribution in [2.75, 3.05) is 12.4 Å². The summed E-state index contributed by atoms with van der Waals surface area (Å²) in [6.07, 6.45) is 5.20. The van der Waals surface area contributed by atoms with E-state index in [0.29, 0.717) is 17.4 Å². The van der Waals surface area contributed by atoms with Crippen LogP contribution in [-0.4, -0.2) is 24.0 Å². The second kappa shape index (κ2) is 6.25. The first kappa shape index (κ1) is 14.8. The van der Waals surface area contributed by atoms with Gasteiger partial charge in [-0.15, -0.1) is 0 Å². The first-order valence-electron chi connectivity index (χ1n) is 7.48. The predicted molar refractivity (Wildman–Crippen MR) is 82.0 cm³/mol. The van der Waals surface area contributed by atoms with Crippen LogP contribution in [0.25, 0.3) is 0 Å². The Balaban J connectivity index is 2.12. The van der Waals surface area contributed by atoms with Crippen molar-refractivity contribution in [1.29, 1.82) is 0 Å². The molecule has 0 bridgehead atoms. The first-order valence-corrected chi connectivity index (χ1v) is 7.48. The zero-order chi connectivity index (χ0) is 14.7. The Morgan fingerprint density at radius 1 is 1.35 bits per heavy atom. The number of aryl methyl sites for hydroxylation is 1. The molecule has 0 saturated heterocycles. The Labute approximate surface area is 121 Å². The fourth-order valence-electron chi connectivity index (χ4n) is 2.98. The molecule has 2 rings (SSSR count). The van der Waals surface area contributed by atoms with Gasteiger partial charge in [0.05, 0.1) is 11.3 Å². The number of hydrogen-bond donors (Lipinski definition) is 2. The van der Waals surface area contributed by atoms with Crippen molar-refractivity contribution in [3.05, 3.63) is 23.5 Å². The molecular weight excluding hydrogens is 250 g/mol. The molecule has 1 amide bonds. The van der Waals surface area contributed by atoms with Gasteiger partial charge in [0.25, 0.3) is 5.91 Å². The van der Waals surface area contributed by atoms with Gasteiger partial charge in [0.1, 0.15) is 0 Å². The molecule has 1 aliphatic carbocycles. The fraction of sp³-hybridized carbons (Fsp3) is 0.625. The third kappa shape index (κ3) is 3.11. The smallest absolute Gasteiger partial charge is 0.255 e. The summed E-state index contributed by atoms with van der Waals surface area (Å²) in [5.41, 5.74) is 2.38. The van der Waals surface area contributed by atoms with Crippen LogP contribution in [0, 0.1) is 18.8 Å². The third-order valence-electron chi connectivity index (χ3n) is 4.58. The summed E-state index contributed by atoms with van der Waals surface area (Å²) >= 11 is 0. The van der Waals surface area contributed by atoms with E-state index in [-0.39, 0.29) is 11.9 Å². The molecule has 4 heteroatoms. The summed E-state index contributed by atoms with van der Waals surface area (Å²) in [7, 11) is 1.83. The number of nitrogens with one attached hydrogen (secondary N) is 2. The number of aromatic nitrogens is 1. The molecule has 1 aromatic heterocycles. The Kier molecular flexibility index (Phi) is 4.63.